The van der Waals surface area contributed by atoms with Crippen LogP contribution in [0.2, 0.25) is 0 Å². The van der Waals surface area contributed by atoms with Crippen LogP contribution in [0.5, 0.6) is 0 Å². The van der Waals surface area contributed by atoms with Gasteiger partial charge in [0.25, 0.3) is 5.91 Å². The molecule has 0 saturated carbocycles. The molecule has 104 valence electrons. The van der Waals surface area contributed by atoms with E-state index in [2.05, 4.69) is 22.9 Å². The fraction of sp³-hybridized carbons (Fsp3) is 0.429. The predicted molar refractivity (Wildman–Crippen MR) is 77.6 cm³/mol. The van der Waals surface area contributed by atoms with E-state index in [0.29, 0.717) is 10.0 Å². The highest BCUT2D eigenvalue weighted by Crippen LogP contribution is 2.18. The lowest BCUT2D eigenvalue weighted by Gasteiger charge is -2.24. The highest BCUT2D eigenvalue weighted by Gasteiger charge is 2.18. The molecular weight excluding hydrogens is 310 g/mol. The maximum absolute atomic E-state index is 12.3. The molecular formula is C14H18BrNO3. The van der Waals surface area contributed by atoms with Gasteiger partial charge in [0.1, 0.15) is 0 Å². The smallest absolute Gasteiger partial charge is 0.335 e. The number of carbonyl (C=O) groups excluding carboxylic acids is 1. The summed E-state index contributed by atoms with van der Waals surface area (Å²) in [5.41, 5.74) is 0.492. The molecule has 0 aliphatic heterocycles. The molecule has 0 bridgehead atoms. The van der Waals surface area contributed by atoms with Gasteiger partial charge >= 0.3 is 5.97 Å². The van der Waals surface area contributed by atoms with Crippen LogP contribution in [0, 0.1) is 0 Å². The highest BCUT2D eigenvalue weighted by atomic mass is 79.9. The van der Waals surface area contributed by atoms with Gasteiger partial charge in [-0.1, -0.05) is 29.3 Å². The molecule has 1 atom stereocenters. The average Bonchev–Trinajstić information content (AvgIpc) is 2.36. The van der Waals surface area contributed by atoms with Crippen molar-refractivity contribution in [1.29, 1.82) is 0 Å². The Hall–Kier alpha value is -1.36. The maximum Gasteiger partial charge on any atom is 0.335 e. The van der Waals surface area contributed by atoms with Crippen molar-refractivity contribution in [2.24, 2.45) is 0 Å². The summed E-state index contributed by atoms with van der Waals surface area (Å²) >= 11 is 3.23. The number of carboxylic acids is 1. The van der Waals surface area contributed by atoms with Crippen LogP contribution in [0.3, 0.4) is 0 Å². The number of nitrogens with zero attached hydrogens (tertiary/aromatic N) is 1. The third-order valence-electron chi connectivity index (χ3n) is 3.08. The molecule has 0 radical (unpaired) electrons. The van der Waals surface area contributed by atoms with Crippen LogP contribution in [0.4, 0.5) is 0 Å². The number of hydrogen-bond donors (Lipinski definition) is 1. The number of hydrogen-bond acceptors (Lipinski definition) is 2. The van der Waals surface area contributed by atoms with E-state index in [4.69, 9.17) is 5.11 Å². The predicted octanol–water partition coefficient (Wildman–Crippen LogP) is 3.41. The first-order valence-electron chi connectivity index (χ1n) is 6.17. The average molecular weight is 328 g/mol. The minimum Gasteiger partial charge on any atom is -0.478 e. The number of benzene rings is 1. The monoisotopic (exact) mass is 327 g/mol. The molecule has 4 nitrogen and oxygen atoms in total. The lowest BCUT2D eigenvalue weighted by atomic mass is 10.1. The molecule has 1 N–H and O–H groups in total. The Balaban J connectivity index is 3.02. The number of carboxylic acid groups (broad SMARTS) is 1. The van der Waals surface area contributed by atoms with Crippen molar-refractivity contribution in [3.63, 3.8) is 0 Å². The summed E-state index contributed by atoms with van der Waals surface area (Å²) < 4.78 is 0.590. The van der Waals surface area contributed by atoms with E-state index < -0.39 is 5.97 Å². The molecule has 0 fully saturated rings. The van der Waals surface area contributed by atoms with E-state index >= 15 is 0 Å². The van der Waals surface area contributed by atoms with Gasteiger partial charge in [-0.25, -0.2) is 4.79 Å². The Morgan fingerprint density at radius 2 is 1.89 bits per heavy atom. The van der Waals surface area contributed by atoms with Crippen LogP contribution in [0.15, 0.2) is 22.7 Å². The first kappa shape index (κ1) is 15.7. The fourth-order valence-corrected chi connectivity index (χ4v) is 2.35. The Labute approximate surface area is 121 Å². The Morgan fingerprint density at radius 1 is 1.32 bits per heavy atom. The van der Waals surface area contributed by atoms with Crippen LogP contribution >= 0.6 is 15.9 Å². The molecule has 1 aromatic carbocycles. The van der Waals surface area contributed by atoms with E-state index in [-0.39, 0.29) is 17.5 Å². The Kier molecular flexibility index (Phi) is 5.54. The van der Waals surface area contributed by atoms with Gasteiger partial charge in [0.15, 0.2) is 0 Å². The van der Waals surface area contributed by atoms with E-state index in [1.807, 2.05) is 6.92 Å². The summed E-state index contributed by atoms with van der Waals surface area (Å²) in [7, 11) is 1.74. The first-order valence-corrected chi connectivity index (χ1v) is 6.97. The van der Waals surface area contributed by atoms with Gasteiger partial charge in [0.05, 0.1) is 5.56 Å². The van der Waals surface area contributed by atoms with Crippen LogP contribution in [-0.4, -0.2) is 35.0 Å². The SMILES string of the molecule is CCCC(C)N(C)C(=O)c1cc(Br)cc(C(=O)O)c1. The number of rotatable bonds is 5. The highest BCUT2D eigenvalue weighted by molar-refractivity contribution is 9.10. The molecule has 0 spiro atoms. The first-order chi connectivity index (χ1) is 8.86. The van der Waals surface area contributed by atoms with Crippen molar-refractivity contribution in [3.8, 4) is 0 Å². The fourth-order valence-electron chi connectivity index (χ4n) is 1.85. The molecule has 1 rings (SSSR count). The van der Waals surface area contributed by atoms with Crippen LogP contribution in [-0.2, 0) is 0 Å². The van der Waals surface area contributed by atoms with Gasteiger partial charge in [-0.2, -0.15) is 0 Å². The van der Waals surface area contributed by atoms with Crippen molar-refractivity contribution in [1.82, 2.24) is 4.90 Å². The second-order valence-electron chi connectivity index (χ2n) is 4.59. The number of carbonyl (C=O) groups is 2. The molecule has 0 aliphatic rings. The zero-order valence-corrected chi connectivity index (χ0v) is 12.9. The third kappa shape index (κ3) is 4.06. The molecule has 0 aliphatic carbocycles. The van der Waals surface area contributed by atoms with Gasteiger partial charge < -0.3 is 10.0 Å². The Bertz CT molecular complexity index is 488. The Morgan fingerprint density at radius 3 is 2.42 bits per heavy atom. The molecule has 0 heterocycles. The van der Waals surface area contributed by atoms with Crippen molar-refractivity contribution < 1.29 is 14.7 Å². The normalized spacial score (nSPS) is 12.0. The number of aromatic carboxylic acids is 1. The molecule has 1 unspecified atom stereocenters. The summed E-state index contributed by atoms with van der Waals surface area (Å²) in [6.07, 6.45) is 1.92. The second kappa shape index (κ2) is 6.70. The zero-order chi connectivity index (χ0) is 14.6. The largest absolute Gasteiger partial charge is 0.478 e. The van der Waals surface area contributed by atoms with Crippen LogP contribution in [0.25, 0.3) is 0 Å². The second-order valence-corrected chi connectivity index (χ2v) is 5.50. The van der Waals surface area contributed by atoms with Crippen molar-refractivity contribution in [2.75, 3.05) is 7.05 Å². The maximum atomic E-state index is 12.3. The van der Waals surface area contributed by atoms with E-state index in [1.165, 1.54) is 12.1 Å². The van der Waals surface area contributed by atoms with Crippen molar-refractivity contribution >= 4 is 27.8 Å². The minimum absolute atomic E-state index is 0.106. The molecule has 19 heavy (non-hydrogen) atoms. The third-order valence-corrected chi connectivity index (χ3v) is 3.54. The van der Waals surface area contributed by atoms with Crippen molar-refractivity contribution in [2.45, 2.75) is 32.7 Å². The quantitative estimate of drug-likeness (QED) is 0.901. The minimum atomic E-state index is -1.04. The van der Waals surface area contributed by atoms with Gasteiger partial charge in [0.2, 0.25) is 0 Å². The summed E-state index contributed by atoms with van der Waals surface area (Å²) in [5.74, 6) is -1.20. The lowest BCUT2D eigenvalue weighted by molar-refractivity contribution is 0.0697. The standard InChI is InChI=1S/C14H18BrNO3/c1-4-5-9(2)16(3)13(17)10-6-11(14(18)19)8-12(15)7-10/h6-9H,4-5H2,1-3H3,(H,18,19). The summed E-state index contributed by atoms with van der Waals surface area (Å²) in [6.45, 7) is 4.05. The van der Waals surface area contributed by atoms with E-state index in [9.17, 15) is 9.59 Å². The molecule has 1 aromatic rings. The van der Waals surface area contributed by atoms with Gasteiger partial charge in [0, 0.05) is 23.1 Å². The van der Waals surface area contributed by atoms with E-state index in [1.54, 1.807) is 18.0 Å². The molecule has 1 amide bonds. The van der Waals surface area contributed by atoms with Crippen LogP contribution < -0.4 is 0 Å². The van der Waals surface area contributed by atoms with Crippen LogP contribution in [0.1, 0.15) is 47.4 Å². The van der Waals surface area contributed by atoms with Crippen molar-refractivity contribution in [3.05, 3.63) is 33.8 Å². The number of halogens is 1. The molecule has 0 saturated heterocycles. The summed E-state index contributed by atoms with van der Waals surface area (Å²) in [4.78, 5) is 24.9. The molecule has 0 aromatic heterocycles. The van der Waals surface area contributed by atoms with Gasteiger partial charge in [-0.15, -0.1) is 0 Å². The number of amides is 1. The topological polar surface area (TPSA) is 57.6 Å². The van der Waals surface area contributed by atoms with Gasteiger partial charge in [-0.05, 0) is 31.5 Å². The van der Waals surface area contributed by atoms with E-state index in [0.717, 1.165) is 12.8 Å². The summed E-state index contributed by atoms with van der Waals surface area (Å²) in [6, 6.07) is 4.66. The summed E-state index contributed by atoms with van der Waals surface area (Å²) in [5, 5.41) is 9.00. The zero-order valence-electron chi connectivity index (χ0n) is 11.3. The molecule has 5 heteroatoms. The van der Waals surface area contributed by atoms with Gasteiger partial charge in [-0.3, -0.25) is 4.79 Å². The lowest BCUT2D eigenvalue weighted by Crippen LogP contribution is -2.35.